The zero-order valence-corrected chi connectivity index (χ0v) is 12.5. The van der Waals surface area contributed by atoms with Crippen molar-refractivity contribution < 1.29 is 5.11 Å². The molecule has 20 heavy (non-hydrogen) atoms. The van der Waals surface area contributed by atoms with Crippen LogP contribution in [0, 0.1) is 5.41 Å². The van der Waals surface area contributed by atoms with Gasteiger partial charge in [0.05, 0.1) is 6.61 Å². The molecule has 0 unspecified atom stereocenters. The third-order valence-electron chi connectivity index (χ3n) is 5.44. The Labute approximate surface area is 122 Å². The second-order valence-corrected chi connectivity index (χ2v) is 6.81. The maximum Gasteiger partial charge on any atom is 0.0681 e. The smallest absolute Gasteiger partial charge is 0.0681 e. The summed E-state index contributed by atoms with van der Waals surface area (Å²) in [5, 5.41) is 9.08. The van der Waals surface area contributed by atoms with E-state index in [1.807, 2.05) is 12.1 Å². The molecule has 1 aromatic rings. The fourth-order valence-electron chi connectivity index (χ4n) is 4.00. The van der Waals surface area contributed by atoms with Crippen molar-refractivity contribution in [3.05, 3.63) is 35.4 Å². The first-order valence-electron chi connectivity index (χ1n) is 8.21. The fraction of sp³-hybridized carbons (Fsp3) is 0.667. The maximum atomic E-state index is 9.08. The number of rotatable bonds is 3. The molecule has 0 aromatic heterocycles. The minimum atomic E-state index is 0.145. The number of hydrogen-bond donors (Lipinski definition) is 1. The zero-order chi connectivity index (χ0) is 13.8. The van der Waals surface area contributed by atoms with E-state index in [1.165, 1.54) is 63.6 Å². The lowest BCUT2D eigenvalue weighted by atomic mass is 9.68. The first kappa shape index (κ1) is 14.1. The van der Waals surface area contributed by atoms with Crippen LogP contribution in [0.2, 0.25) is 0 Å². The number of nitrogens with zero attached hydrogens (tertiary/aromatic N) is 1. The molecule has 2 nitrogen and oxygen atoms in total. The van der Waals surface area contributed by atoms with E-state index in [9.17, 15) is 0 Å². The van der Waals surface area contributed by atoms with Crippen LogP contribution in [0.15, 0.2) is 24.3 Å². The molecule has 1 aromatic carbocycles. The van der Waals surface area contributed by atoms with Crippen LogP contribution >= 0.6 is 0 Å². The van der Waals surface area contributed by atoms with Crippen molar-refractivity contribution >= 4 is 0 Å². The topological polar surface area (TPSA) is 23.5 Å². The highest BCUT2D eigenvalue weighted by Crippen LogP contribution is 2.44. The largest absolute Gasteiger partial charge is 0.392 e. The Morgan fingerprint density at radius 2 is 1.45 bits per heavy atom. The molecule has 1 saturated heterocycles. The van der Waals surface area contributed by atoms with Crippen LogP contribution in [0.1, 0.15) is 56.1 Å². The Hall–Kier alpha value is -0.860. The van der Waals surface area contributed by atoms with E-state index in [4.69, 9.17) is 5.11 Å². The molecule has 2 fully saturated rings. The van der Waals surface area contributed by atoms with Crippen molar-refractivity contribution in [2.75, 3.05) is 13.1 Å². The van der Waals surface area contributed by atoms with E-state index in [0.717, 1.165) is 12.1 Å². The van der Waals surface area contributed by atoms with Gasteiger partial charge in [0.15, 0.2) is 0 Å². The van der Waals surface area contributed by atoms with E-state index in [-0.39, 0.29) is 6.61 Å². The minimum Gasteiger partial charge on any atom is -0.392 e. The highest BCUT2D eigenvalue weighted by molar-refractivity contribution is 5.21. The molecule has 0 atom stereocenters. The molecule has 1 N–H and O–H groups in total. The lowest BCUT2D eigenvalue weighted by Crippen LogP contribution is -2.40. The van der Waals surface area contributed by atoms with Crippen LogP contribution in [0.25, 0.3) is 0 Å². The fourth-order valence-corrected chi connectivity index (χ4v) is 4.00. The monoisotopic (exact) mass is 273 g/mol. The summed E-state index contributed by atoms with van der Waals surface area (Å²) >= 11 is 0. The number of aliphatic hydroxyl groups is 1. The van der Waals surface area contributed by atoms with Gasteiger partial charge in [-0.15, -0.1) is 0 Å². The van der Waals surface area contributed by atoms with E-state index in [0.29, 0.717) is 5.41 Å². The van der Waals surface area contributed by atoms with Crippen molar-refractivity contribution in [2.24, 2.45) is 5.41 Å². The summed E-state index contributed by atoms with van der Waals surface area (Å²) in [5.41, 5.74) is 3.09. The van der Waals surface area contributed by atoms with E-state index in [2.05, 4.69) is 17.0 Å². The molecule has 1 saturated carbocycles. The second kappa shape index (κ2) is 6.28. The summed E-state index contributed by atoms with van der Waals surface area (Å²) in [6.07, 6.45) is 10.1. The number of aliphatic hydroxyl groups excluding tert-OH is 1. The third kappa shape index (κ3) is 3.24. The molecule has 2 aliphatic rings. The summed E-state index contributed by atoms with van der Waals surface area (Å²) in [6.45, 7) is 3.75. The van der Waals surface area contributed by atoms with Crippen molar-refractivity contribution in [3.63, 3.8) is 0 Å². The number of benzene rings is 1. The van der Waals surface area contributed by atoms with E-state index in [1.54, 1.807) is 0 Å². The molecule has 2 heteroatoms. The average Bonchev–Trinajstić information content (AvgIpc) is 2.52. The molecule has 1 aliphatic heterocycles. The molecule has 1 aliphatic carbocycles. The summed E-state index contributed by atoms with van der Waals surface area (Å²) in [7, 11) is 0. The molecular formula is C18H27NO. The quantitative estimate of drug-likeness (QED) is 0.907. The Kier molecular flexibility index (Phi) is 4.42. The van der Waals surface area contributed by atoms with Gasteiger partial charge in [0.2, 0.25) is 0 Å². The predicted octanol–water partition coefficient (Wildman–Crippen LogP) is 3.73. The van der Waals surface area contributed by atoms with Gasteiger partial charge in [-0.2, -0.15) is 0 Å². The van der Waals surface area contributed by atoms with Gasteiger partial charge in [-0.1, -0.05) is 43.5 Å². The average molecular weight is 273 g/mol. The van der Waals surface area contributed by atoms with E-state index < -0.39 is 0 Å². The van der Waals surface area contributed by atoms with Crippen LogP contribution in [0.5, 0.6) is 0 Å². The SMILES string of the molecule is OCc1ccc(CN2CCC3(CCCCC3)CC2)cc1. The van der Waals surface area contributed by atoms with Gasteiger partial charge in [-0.3, -0.25) is 4.90 Å². The predicted molar refractivity (Wildman–Crippen MR) is 82.4 cm³/mol. The Morgan fingerprint density at radius 3 is 2.05 bits per heavy atom. The molecule has 110 valence electrons. The number of hydrogen-bond acceptors (Lipinski definition) is 2. The summed E-state index contributed by atoms with van der Waals surface area (Å²) in [5.74, 6) is 0. The summed E-state index contributed by atoms with van der Waals surface area (Å²) in [4.78, 5) is 2.60. The Morgan fingerprint density at radius 1 is 0.850 bits per heavy atom. The van der Waals surface area contributed by atoms with Crippen LogP contribution in [-0.4, -0.2) is 23.1 Å². The van der Waals surface area contributed by atoms with Crippen molar-refractivity contribution in [1.82, 2.24) is 4.90 Å². The van der Waals surface area contributed by atoms with Crippen molar-refractivity contribution in [2.45, 2.75) is 58.1 Å². The number of likely N-dealkylation sites (tertiary alicyclic amines) is 1. The zero-order valence-electron chi connectivity index (χ0n) is 12.5. The van der Waals surface area contributed by atoms with Gasteiger partial charge in [0.1, 0.15) is 0 Å². The molecule has 0 amide bonds. The Bertz CT molecular complexity index is 410. The molecule has 1 heterocycles. The van der Waals surface area contributed by atoms with Gasteiger partial charge < -0.3 is 5.11 Å². The molecule has 3 rings (SSSR count). The standard InChI is InChI=1S/C18H27NO/c20-15-17-6-4-16(5-7-17)14-19-12-10-18(11-13-19)8-2-1-3-9-18/h4-7,20H,1-3,8-15H2. The van der Waals surface area contributed by atoms with Gasteiger partial charge in [0, 0.05) is 6.54 Å². The second-order valence-electron chi connectivity index (χ2n) is 6.81. The van der Waals surface area contributed by atoms with Crippen molar-refractivity contribution in [1.29, 1.82) is 0 Å². The molecule has 0 bridgehead atoms. The highest BCUT2D eigenvalue weighted by Gasteiger charge is 2.35. The van der Waals surface area contributed by atoms with Gasteiger partial charge >= 0.3 is 0 Å². The first-order valence-corrected chi connectivity index (χ1v) is 8.21. The first-order chi connectivity index (χ1) is 9.80. The van der Waals surface area contributed by atoms with Crippen LogP contribution in [0.4, 0.5) is 0 Å². The van der Waals surface area contributed by atoms with E-state index >= 15 is 0 Å². The minimum absolute atomic E-state index is 0.145. The van der Waals surface area contributed by atoms with Gasteiger partial charge in [-0.05, 0) is 55.3 Å². The maximum absolute atomic E-state index is 9.08. The Balaban J connectivity index is 1.52. The summed E-state index contributed by atoms with van der Waals surface area (Å²) in [6, 6.07) is 8.41. The van der Waals surface area contributed by atoms with Crippen LogP contribution in [-0.2, 0) is 13.2 Å². The van der Waals surface area contributed by atoms with Gasteiger partial charge in [-0.25, -0.2) is 0 Å². The summed E-state index contributed by atoms with van der Waals surface area (Å²) < 4.78 is 0. The third-order valence-corrected chi connectivity index (χ3v) is 5.44. The molecular weight excluding hydrogens is 246 g/mol. The lowest BCUT2D eigenvalue weighted by molar-refractivity contribution is 0.0641. The highest BCUT2D eigenvalue weighted by atomic mass is 16.3. The number of piperidine rings is 1. The molecule has 0 radical (unpaired) electrons. The van der Waals surface area contributed by atoms with Crippen molar-refractivity contribution in [3.8, 4) is 0 Å². The van der Waals surface area contributed by atoms with Gasteiger partial charge in [0.25, 0.3) is 0 Å². The lowest BCUT2D eigenvalue weighted by Gasteiger charge is -2.44. The van der Waals surface area contributed by atoms with Crippen LogP contribution < -0.4 is 0 Å². The normalized spacial score (nSPS) is 23.1. The molecule has 1 spiro atoms. The van der Waals surface area contributed by atoms with Crippen LogP contribution in [0.3, 0.4) is 0 Å².